The van der Waals surface area contributed by atoms with Gasteiger partial charge in [0.15, 0.2) is 0 Å². The molecule has 0 aliphatic carbocycles. The summed E-state index contributed by atoms with van der Waals surface area (Å²) in [6.45, 7) is 5.70. The van der Waals surface area contributed by atoms with E-state index in [1.165, 1.54) is 0 Å². The topological polar surface area (TPSA) is 47.2 Å². The van der Waals surface area contributed by atoms with Crippen LogP contribution in [0.1, 0.15) is 19.4 Å². The van der Waals surface area contributed by atoms with Crippen molar-refractivity contribution in [1.82, 2.24) is 14.0 Å². The Balaban J connectivity index is 1.88. The van der Waals surface area contributed by atoms with Gasteiger partial charge in [0.1, 0.15) is 6.54 Å². The Morgan fingerprint density at radius 1 is 0.920 bits per heavy atom. The molecule has 3 aromatic rings. The van der Waals surface area contributed by atoms with Gasteiger partial charge in [-0.05, 0) is 31.5 Å². The van der Waals surface area contributed by atoms with Crippen LogP contribution >= 0.6 is 0 Å². The van der Waals surface area contributed by atoms with Crippen LogP contribution in [-0.2, 0) is 24.4 Å². The number of fused-ring (bicyclic) bond motifs is 1. The second-order valence-electron chi connectivity index (χ2n) is 6.00. The number of benzene rings is 2. The average molecular weight is 337 g/mol. The molecule has 2 aromatic carbocycles. The van der Waals surface area contributed by atoms with E-state index >= 15 is 0 Å². The van der Waals surface area contributed by atoms with Crippen molar-refractivity contribution in [3.05, 3.63) is 70.6 Å². The molecule has 1 amide bonds. The third kappa shape index (κ3) is 3.36. The first-order valence-electron chi connectivity index (χ1n) is 8.65. The number of carbonyl (C=O) groups excluding carboxylic acids is 1. The molecule has 1 aromatic heterocycles. The van der Waals surface area contributed by atoms with E-state index < -0.39 is 0 Å². The lowest BCUT2D eigenvalue weighted by molar-refractivity contribution is -0.132. The lowest BCUT2D eigenvalue weighted by atomic mass is 10.2. The number of aryl methyl sites for hydroxylation is 1. The predicted molar refractivity (Wildman–Crippen MR) is 99.4 cm³/mol. The molecule has 0 unspecified atom stereocenters. The lowest BCUT2D eigenvalue weighted by Crippen LogP contribution is -2.36. The third-order valence-corrected chi connectivity index (χ3v) is 4.49. The minimum absolute atomic E-state index is 0.0486. The molecule has 3 rings (SSSR count). The summed E-state index contributed by atoms with van der Waals surface area (Å²) in [5.74, 6) is -0.0486. The Kier molecular flexibility index (Phi) is 5.03. The van der Waals surface area contributed by atoms with Crippen LogP contribution in [0.5, 0.6) is 0 Å². The molecule has 0 atom stereocenters. The summed E-state index contributed by atoms with van der Waals surface area (Å²) < 4.78 is 3.28. The van der Waals surface area contributed by atoms with Crippen molar-refractivity contribution in [2.45, 2.75) is 33.5 Å². The highest BCUT2D eigenvalue weighted by molar-refractivity contribution is 5.81. The quantitative estimate of drug-likeness (QED) is 0.694. The van der Waals surface area contributed by atoms with Gasteiger partial charge in [-0.3, -0.25) is 13.9 Å². The van der Waals surface area contributed by atoms with Crippen LogP contribution in [0.3, 0.4) is 0 Å². The lowest BCUT2D eigenvalue weighted by Gasteiger charge is -2.21. The van der Waals surface area contributed by atoms with Gasteiger partial charge < -0.3 is 4.90 Å². The minimum atomic E-state index is -0.132. The molecule has 0 spiro atoms. The van der Waals surface area contributed by atoms with Gasteiger partial charge in [-0.1, -0.05) is 42.5 Å². The highest BCUT2D eigenvalue weighted by Crippen LogP contribution is 2.13. The maximum Gasteiger partial charge on any atom is 0.329 e. The van der Waals surface area contributed by atoms with E-state index in [-0.39, 0.29) is 18.1 Å². The summed E-state index contributed by atoms with van der Waals surface area (Å²) in [4.78, 5) is 27.3. The van der Waals surface area contributed by atoms with Crippen molar-refractivity contribution in [2.24, 2.45) is 0 Å². The number of amides is 1. The molecule has 25 heavy (non-hydrogen) atoms. The second kappa shape index (κ2) is 7.38. The van der Waals surface area contributed by atoms with Gasteiger partial charge in [0, 0.05) is 19.6 Å². The Morgan fingerprint density at radius 3 is 2.12 bits per heavy atom. The smallest absolute Gasteiger partial charge is 0.329 e. The van der Waals surface area contributed by atoms with Gasteiger partial charge in [0.05, 0.1) is 11.0 Å². The Bertz CT molecular complexity index is 925. The van der Waals surface area contributed by atoms with Gasteiger partial charge >= 0.3 is 5.69 Å². The Hall–Kier alpha value is -2.82. The fourth-order valence-corrected chi connectivity index (χ4v) is 3.15. The molecule has 0 fully saturated rings. The van der Waals surface area contributed by atoms with Crippen LogP contribution in [0.4, 0.5) is 0 Å². The molecule has 1 heterocycles. The molecule has 0 aliphatic heterocycles. The molecule has 0 saturated carbocycles. The van der Waals surface area contributed by atoms with Crippen LogP contribution in [0.25, 0.3) is 11.0 Å². The molecule has 130 valence electrons. The van der Waals surface area contributed by atoms with Crippen LogP contribution < -0.4 is 5.69 Å². The summed E-state index contributed by atoms with van der Waals surface area (Å²) in [5.41, 5.74) is 2.63. The number of likely N-dealkylation sites (N-methyl/N-ethyl adjacent to an activating group) is 1. The molecular formula is C20H23N3O2. The first-order chi connectivity index (χ1) is 12.2. The van der Waals surface area contributed by atoms with Crippen LogP contribution in [-0.4, -0.2) is 26.5 Å². The standard InChI is InChI=1S/C20H23N3O2/c1-3-21(14-16-10-6-5-7-11-16)19(24)15-23-18-13-9-8-12-17(18)22(4-2)20(23)25/h5-13H,3-4,14-15H2,1-2H3. The number of nitrogens with zero attached hydrogens (tertiary/aromatic N) is 3. The SMILES string of the molecule is CCN(Cc1ccccc1)C(=O)Cn1c(=O)n(CC)c2ccccc21. The summed E-state index contributed by atoms with van der Waals surface area (Å²) >= 11 is 0. The number of hydrogen-bond donors (Lipinski definition) is 0. The zero-order chi connectivity index (χ0) is 17.8. The van der Waals surface area contributed by atoms with E-state index in [1.807, 2.05) is 68.4 Å². The highest BCUT2D eigenvalue weighted by atomic mass is 16.2. The van der Waals surface area contributed by atoms with Gasteiger partial charge in [0.25, 0.3) is 0 Å². The Labute approximate surface area is 147 Å². The van der Waals surface area contributed by atoms with Crippen LogP contribution in [0.15, 0.2) is 59.4 Å². The summed E-state index contributed by atoms with van der Waals surface area (Å²) in [6.07, 6.45) is 0. The number of imidazole rings is 1. The second-order valence-corrected chi connectivity index (χ2v) is 6.00. The summed E-state index contributed by atoms with van der Waals surface area (Å²) in [6, 6.07) is 17.5. The zero-order valence-electron chi connectivity index (χ0n) is 14.7. The molecule has 0 aliphatic rings. The van der Waals surface area contributed by atoms with Gasteiger partial charge in [-0.25, -0.2) is 4.79 Å². The molecule has 0 N–H and O–H groups in total. The predicted octanol–water partition coefficient (Wildman–Crippen LogP) is 2.87. The van der Waals surface area contributed by atoms with E-state index in [2.05, 4.69) is 0 Å². The van der Waals surface area contributed by atoms with Crippen molar-refractivity contribution in [3.8, 4) is 0 Å². The average Bonchev–Trinajstić information content (AvgIpc) is 2.91. The van der Waals surface area contributed by atoms with Crippen molar-refractivity contribution >= 4 is 16.9 Å². The zero-order valence-corrected chi connectivity index (χ0v) is 14.7. The van der Waals surface area contributed by atoms with E-state index in [0.717, 1.165) is 16.6 Å². The minimum Gasteiger partial charge on any atom is -0.337 e. The maximum absolute atomic E-state index is 12.8. The number of aromatic nitrogens is 2. The van der Waals surface area contributed by atoms with Crippen molar-refractivity contribution in [1.29, 1.82) is 0 Å². The van der Waals surface area contributed by atoms with E-state index in [1.54, 1.807) is 14.0 Å². The van der Waals surface area contributed by atoms with E-state index in [9.17, 15) is 9.59 Å². The van der Waals surface area contributed by atoms with Crippen molar-refractivity contribution in [2.75, 3.05) is 6.54 Å². The van der Waals surface area contributed by atoms with Gasteiger partial charge in [-0.2, -0.15) is 0 Å². The molecule has 5 heteroatoms. The molecule has 0 radical (unpaired) electrons. The number of rotatable bonds is 6. The monoisotopic (exact) mass is 337 g/mol. The third-order valence-electron chi connectivity index (χ3n) is 4.49. The van der Waals surface area contributed by atoms with Crippen molar-refractivity contribution in [3.63, 3.8) is 0 Å². The first-order valence-corrected chi connectivity index (χ1v) is 8.65. The Morgan fingerprint density at radius 2 is 1.52 bits per heavy atom. The summed E-state index contributed by atoms with van der Waals surface area (Å²) in [5, 5.41) is 0. The normalized spacial score (nSPS) is 11.0. The molecule has 0 saturated heterocycles. The van der Waals surface area contributed by atoms with Crippen LogP contribution in [0, 0.1) is 0 Å². The highest BCUT2D eigenvalue weighted by Gasteiger charge is 2.18. The molecule has 0 bridgehead atoms. The summed E-state index contributed by atoms with van der Waals surface area (Å²) in [7, 11) is 0. The maximum atomic E-state index is 12.8. The number of para-hydroxylation sites is 2. The van der Waals surface area contributed by atoms with E-state index in [0.29, 0.717) is 19.6 Å². The first kappa shape index (κ1) is 17.0. The number of carbonyl (C=O) groups is 1. The fourth-order valence-electron chi connectivity index (χ4n) is 3.15. The largest absolute Gasteiger partial charge is 0.337 e. The van der Waals surface area contributed by atoms with Gasteiger partial charge in [0.2, 0.25) is 5.91 Å². The molecule has 5 nitrogen and oxygen atoms in total. The number of hydrogen-bond acceptors (Lipinski definition) is 2. The van der Waals surface area contributed by atoms with Crippen LogP contribution in [0.2, 0.25) is 0 Å². The molecular weight excluding hydrogens is 314 g/mol. The van der Waals surface area contributed by atoms with Gasteiger partial charge in [-0.15, -0.1) is 0 Å². The van der Waals surface area contributed by atoms with Crippen molar-refractivity contribution < 1.29 is 4.79 Å². The van der Waals surface area contributed by atoms with E-state index in [4.69, 9.17) is 0 Å². The fraction of sp³-hybridized carbons (Fsp3) is 0.300.